The van der Waals surface area contributed by atoms with Crippen LogP contribution in [0, 0.1) is 6.92 Å². The number of halogens is 1. The molecular formula is C22H24ClN3O3. The van der Waals surface area contributed by atoms with Crippen molar-refractivity contribution in [3.63, 3.8) is 0 Å². The van der Waals surface area contributed by atoms with E-state index in [1.165, 1.54) is 0 Å². The van der Waals surface area contributed by atoms with Gasteiger partial charge >= 0.3 is 0 Å². The molecule has 1 aromatic heterocycles. The van der Waals surface area contributed by atoms with Crippen LogP contribution < -0.4 is 14.8 Å². The number of hydrogen-bond acceptors (Lipinski definition) is 4. The van der Waals surface area contributed by atoms with Gasteiger partial charge in [-0.2, -0.15) is 5.10 Å². The minimum absolute atomic E-state index is 0.163. The van der Waals surface area contributed by atoms with Crippen LogP contribution in [0.25, 0.3) is 0 Å². The summed E-state index contributed by atoms with van der Waals surface area (Å²) < 4.78 is 13.1. The van der Waals surface area contributed by atoms with Crippen molar-refractivity contribution >= 4 is 17.5 Å². The van der Waals surface area contributed by atoms with Gasteiger partial charge in [0, 0.05) is 41.0 Å². The molecule has 0 unspecified atom stereocenters. The van der Waals surface area contributed by atoms with Crippen LogP contribution in [0.5, 0.6) is 11.5 Å². The van der Waals surface area contributed by atoms with Crippen LogP contribution >= 0.6 is 11.6 Å². The van der Waals surface area contributed by atoms with E-state index < -0.39 is 0 Å². The fraction of sp³-hybridized carbons (Fsp3) is 0.273. The van der Waals surface area contributed by atoms with E-state index in [4.69, 9.17) is 21.1 Å². The molecule has 0 bridgehead atoms. The number of nitrogens with one attached hydrogen (secondary N) is 1. The smallest absolute Gasteiger partial charge is 0.251 e. The molecule has 0 atom stereocenters. The van der Waals surface area contributed by atoms with Crippen molar-refractivity contribution in [2.75, 3.05) is 7.11 Å². The van der Waals surface area contributed by atoms with Gasteiger partial charge in [0.1, 0.15) is 18.1 Å². The Morgan fingerprint density at radius 1 is 1.17 bits per heavy atom. The number of aryl methyl sites for hydroxylation is 2. The molecule has 0 aliphatic heterocycles. The first-order valence-electron chi connectivity index (χ1n) is 9.36. The average molecular weight is 414 g/mol. The zero-order chi connectivity index (χ0) is 20.8. The Hall–Kier alpha value is -2.99. The van der Waals surface area contributed by atoms with Crippen molar-refractivity contribution < 1.29 is 14.3 Å². The van der Waals surface area contributed by atoms with Crippen LogP contribution in [0.1, 0.15) is 34.1 Å². The van der Waals surface area contributed by atoms with E-state index >= 15 is 0 Å². The Bertz CT molecular complexity index is 983. The van der Waals surface area contributed by atoms with Crippen molar-refractivity contribution in [2.45, 2.75) is 33.5 Å². The van der Waals surface area contributed by atoms with Gasteiger partial charge in [-0.1, -0.05) is 11.6 Å². The van der Waals surface area contributed by atoms with Crippen molar-refractivity contribution in [3.05, 3.63) is 76.1 Å². The number of methoxy groups -OCH3 is 1. The maximum Gasteiger partial charge on any atom is 0.251 e. The first-order chi connectivity index (χ1) is 14.0. The van der Waals surface area contributed by atoms with Gasteiger partial charge in [-0.3, -0.25) is 9.48 Å². The average Bonchev–Trinajstić information content (AvgIpc) is 3.11. The Balaban J connectivity index is 1.68. The molecule has 6 nitrogen and oxygen atoms in total. The summed E-state index contributed by atoms with van der Waals surface area (Å²) in [5, 5.41) is 8.00. The van der Waals surface area contributed by atoms with Gasteiger partial charge in [0.2, 0.25) is 0 Å². The normalized spacial score (nSPS) is 10.6. The molecule has 0 radical (unpaired) electrons. The van der Waals surface area contributed by atoms with Gasteiger partial charge in [0.05, 0.1) is 12.8 Å². The molecule has 1 heterocycles. The summed E-state index contributed by atoms with van der Waals surface area (Å²) in [6.07, 6.45) is 1.95. The Labute approximate surface area is 175 Å². The number of ether oxygens (including phenoxy) is 2. The van der Waals surface area contributed by atoms with E-state index in [2.05, 4.69) is 10.4 Å². The fourth-order valence-electron chi connectivity index (χ4n) is 2.90. The van der Waals surface area contributed by atoms with E-state index in [0.29, 0.717) is 28.6 Å². The quantitative estimate of drug-likeness (QED) is 0.595. The molecule has 0 spiro atoms. The molecule has 0 fully saturated rings. The van der Waals surface area contributed by atoms with Crippen LogP contribution in [0.2, 0.25) is 5.02 Å². The Morgan fingerprint density at radius 3 is 2.59 bits per heavy atom. The lowest BCUT2D eigenvalue weighted by Crippen LogP contribution is -2.23. The standard InChI is InChI=1S/C22H24ClN3O3/c1-4-26-13-18(15(2)25-26)12-24-22(27)16-5-10-21(28-3)17(11-16)14-29-20-8-6-19(23)7-9-20/h5-11,13H,4,12,14H2,1-3H3,(H,24,27). The monoisotopic (exact) mass is 413 g/mol. The fourth-order valence-corrected chi connectivity index (χ4v) is 3.02. The predicted molar refractivity (Wildman–Crippen MR) is 113 cm³/mol. The third kappa shape index (κ3) is 5.29. The van der Waals surface area contributed by atoms with Crippen LogP contribution in [0.4, 0.5) is 0 Å². The molecule has 7 heteroatoms. The molecule has 2 aromatic carbocycles. The largest absolute Gasteiger partial charge is 0.496 e. The van der Waals surface area contributed by atoms with Crippen LogP contribution in [-0.4, -0.2) is 22.8 Å². The second-order valence-corrected chi connectivity index (χ2v) is 6.98. The number of carbonyl (C=O) groups excluding carboxylic acids is 1. The second kappa shape index (κ2) is 9.47. The summed E-state index contributed by atoms with van der Waals surface area (Å²) >= 11 is 5.90. The molecule has 29 heavy (non-hydrogen) atoms. The predicted octanol–water partition coefficient (Wildman–Crippen LogP) is 4.38. The highest BCUT2D eigenvalue weighted by Gasteiger charge is 2.12. The maximum atomic E-state index is 12.6. The van der Waals surface area contributed by atoms with E-state index in [0.717, 1.165) is 23.4 Å². The van der Waals surface area contributed by atoms with E-state index in [1.54, 1.807) is 49.6 Å². The van der Waals surface area contributed by atoms with Crippen molar-refractivity contribution in [1.29, 1.82) is 0 Å². The Kier molecular flexibility index (Phi) is 6.77. The van der Waals surface area contributed by atoms with Gasteiger partial charge < -0.3 is 14.8 Å². The summed E-state index contributed by atoms with van der Waals surface area (Å²) in [5.74, 6) is 1.19. The highest BCUT2D eigenvalue weighted by atomic mass is 35.5. The number of nitrogens with zero attached hydrogens (tertiary/aromatic N) is 2. The molecule has 0 aliphatic carbocycles. The number of carbonyl (C=O) groups is 1. The molecule has 152 valence electrons. The van der Waals surface area contributed by atoms with Gasteiger partial charge in [0.15, 0.2) is 0 Å². The molecule has 3 aromatic rings. The lowest BCUT2D eigenvalue weighted by Gasteiger charge is -2.12. The minimum atomic E-state index is -0.163. The van der Waals surface area contributed by atoms with Gasteiger partial charge in [0.25, 0.3) is 5.91 Å². The third-order valence-electron chi connectivity index (χ3n) is 4.56. The zero-order valence-electron chi connectivity index (χ0n) is 16.7. The topological polar surface area (TPSA) is 65.4 Å². The zero-order valence-corrected chi connectivity index (χ0v) is 17.5. The van der Waals surface area contributed by atoms with E-state index in [1.807, 2.05) is 24.7 Å². The number of amides is 1. The second-order valence-electron chi connectivity index (χ2n) is 6.55. The summed E-state index contributed by atoms with van der Waals surface area (Å²) in [7, 11) is 1.59. The molecule has 3 rings (SSSR count). The van der Waals surface area contributed by atoms with Crippen LogP contribution in [0.15, 0.2) is 48.7 Å². The van der Waals surface area contributed by atoms with Crippen molar-refractivity contribution in [3.8, 4) is 11.5 Å². The third-order valence-corrected chi connectivity index (χ3v) is 4.81. The first kappa shape index (κ1) is 20.7. The molecule has 0 saturated carbocycles. The van der Waals surface area contributed by atoms with Crippen LogP contribution in [-0.2, 0) is 19.7 Å². The maximum absolute atomic E-state index is 12.6. The highest BCUT2D eigenvalue weighted by Crippen LogP contribution is 2.23. The highest BCUT2D eigenvalue weighted by molar-refractivity contribution is 6.30. The van der Waals surface area contributed by atoms with Crippen molar-refractivity contribution in [2.24, 2.45) is 0 Å². The lowest BCUT2D eigenvalue weighted by atomic mass is 10.1. The summed E-state index contributed by atoms with van der Waals surface area (Å²) in [6, 6.07) is 12.4. The number of aromatic nitrogens is 2. The molecule has 1 N–H and O–H groups in total. The number of benzene rings is 2. The minimum Gasteiger partial charge on any atom is -0.496 e. The first-order valence-corrected chi connectivity index (χ1v) is 9.74. The summed E-state index contributed by atoms with van der Waals surface area (Å²) in [5.41, 5.74) is 3.24. The Morgan fingerprint density at radius 2 is 1.93 bits per heavy atom. The molecule has 0 aliphatic rings. The SMILES string of the molecule is CCn1cc(CNC(=O)c2ccc(OC)c(COc3ccc(Cl)cc3)c2)c(C)n1. The summed E-state index contributed by atoms with van der Waals surface area (Å²) in [6.45, 7) is 5.46. The molecular weight excluding hydrogens is 390 g/mol. The molecule has 1 amide bonds. The van der Waals surface area contributed by atoms with E-state index in [9.17, 15) is 4.79 Å². The number of rotatable bonds is 8. The van der Waals surface area contributed by atoms with Gasteiger partial charge in [-0.25, -0.2) is 0 Å². The molecule has 0 saturated heterocycles. The van der Waals surface area contributed by atoms with Crippen LogP contribution in [0.3, 0.4) is 0 Å². The van der Waals surface area contributed by atoms with Gasteiger partial charge in [-0.05, 0) is 56.3 Å². The van der Waals surface area contributed by atoms with E-state index in [-0.39, 0.29) is 12.5 Å². The number of hydrogen-bond donors (Lipinski definition) is 1. The summed E-state index contributed by atoms with van der Waals surface area (Å²) in [4.78, 5) is 12.6. The lowest BCUT2D eigenvalue weighted by molar-refractivity contribution is 0.0950. The van der Waals surface area contributed by atoms with Gasteiger partial charge in [-0.15, -0.1) is 0 Å². The van der Waals surface area contributed by atoms with Crippen molar-refractivity contribution in [1.82, 2.24) is 15.1 Å².